The minimum Gasteiger partial charge on any atom is -0.366 e. The fourth-order valence-electron chi connectivity index (χ4n) is 3.41. The predicted molar refractivity (Wildman–Crippen MR) is 114 cm³/mol. The topological polar surface area (TPSA) is 99.7 Å². The molecule has 8 heteroatoms. The van der Waals surface area contributed by atoms with Gasteiger partial charge < -0.3 is 10.2 Å². The number of benzene rings is 1. The van der Waals surface area contributed by atoms with E-state index in [1.807, 2.05) is 36.9 Å². The number of carbonyl (C=O) groups is 1. The van der Waals surface area contributed by atoms with E-state index in [0.29, 0.717) is 35.7 Å². The van der Waals surface area contributed by atoms with E-state index < -0.39 is 0 Å². The number of likely N-dealkylation sites (tertiary alicyclic amines) is 1. The van der Waals surface area contributed by atoms with E-state index in [9.17, 15) is 4.79 Å². The summed E-state index contributed by atoms with van der Waals surface area (Å²) < 4.78 is 0. The van der Waals surface area contributed by atoms with Crippen molar-refractivity contribution in [3.05, 3.63) is 66.1 Å². The highest BCUT2D eigenvalue weighted by atomic mass is 16.2. The van der Waals surface area contributed by atoms with Gasteiger partial charge in [0.15, 0.2) is 0 Å². The summed E-state index contributed by atoms with van der Waals surface area (Å²) in [5, 5.41) is 20.7. The molecule has 1 aliphatic rings. The average Bonchev–Trinajstić information content (AvgIpc) is 3.35. The first-order chi connectivity index (χ1) is 14.7. The van der Waals surface area contributed by atoms with Crippen LogP contribution in [0.2, 0.25) is 0 Å². The highest BCUT2D eigenvalue weighted by Gasteiger charge is 2.26. The highest BCUT2D eigenvalue weighted by Crippen LogP contribution is 2.20. The molecule has 154 valence electrons. The maximum Gasteiger partial charge on any atom is 0.256 e. The van der Waals surface area contributed by atoms with Gasteiger partial charge in [-0.1, -0.05) is 26.0 Å². The molecular formula is C22H25N7O. The van der Waals surface area contributed by atoms with Gasteiger partial charge in [-0.3, -0.25) is 4.79 Å². The van der Waals surface area contributed by atoms with E-state index in [1.54, 1.807) is 36.8 Å². The number of para-hydroxylation sites is 1. The van der Waals surface area contributed by atoms with Crippen LogP contribution in [0, 0.1) is 11.3 Å². The molecule has 3 heterocycles. The summed E-state index contributed by atoms with van der Waals surface area (Å²) in [6.45, 7) is 5.27. The Balaban J connectivity index is 0.00000124. The summed E-state index contributed by atoms with van der Waals surface area (Å²) in [6.07, 6.45) is 6.61. The van der Waals surface area contributed by atoms with E-state index in [2.05, 4.69) is 26.6 Å². The molecule has 30 heavy (non-hydrogen) atoms. The minimum absolute atomic E-state index is 0.0434. The largest absolute Gasteiger partial charge is 0.366 e. The molecule has 0 saturated carbocycles. The molecule has 3 aromatic rings. The van der Waals surface area contributed by atoms with Gasteiger partial charge >= 0.3 is 0 Å². The molecule has 2 aromatic heterocycles. The van der Waals surface area contributed by atoms with Crippen molar-refractivity contribution in [3.63, 3.8) is 0 Å². The lowest BCUT2D eigenvalue weighted by Gasteiger charge is -2.33. The summed E-state index contributed by atoms with van der Waals surface area (Å²) in [5.41, 5.74) is 1.79. The van der Waals surface area contributed by atoms with Crippen LogP contribution in [0.5, 0.6) is 0 Å². The van der Waals surface area contributed by atoms with E-state index in [0.717, 1.165) is 12.8 Å². The number of piperidine rings is 1. The van der Waals surface area contributed by atoms with Gasteiger partial charge in [0.05, 0.1) is 35.3 Å². The minimum atomic E-state index is -0.0434. The second-order valence-corrected chi connectivity index (χ2v) is 6.61. The van der Waals surface area contributed by atoms with Crippen molar-refractivity contribution in [3.8, 4) is 11.8 Å². The number of nitriles is 1. The second kappa shape index (κ2) is 10.2. The van der Waals surface area contributed by atoms with Crippen LogP contribution in [0.15, 0.2) is 55.0 Å². The van der Waals surface area contributed by atoms with Crippen LogP contribution < -0.4 is 5.32 Å². The maximum atomic E-state index is 13.2. The number of rotatable bonds is 4. The van der Waals surface area contributed by atoms with Gasteiger partial charge in [0.25, 0.3) is 5.91 Å². The smallest absolute Gasteiger partial charge is 0.256 e. The summed E-state index contributed by atoms with van der Waals surface area (Å²) in [5.74, 6) is 0.609. The van der Waals surface area contributed by atoms with Crippen molar-refractivity contribution in [2.24, 2.45) is 0 Å². The van der Waals surface area contributed by atoms with Crippen LogP contribution in [-0.4, -0.2) is 49.9 Å². The van der Waals surface area contributed by atoms with Crippen molar-refractivity contribution in [1.29, 1.82) is 5.26 Å². The molecule has 8 nitrogen and oxygen atoms in total. The number of anilines is 1. The monoisotopic (exact) mass is 403 g/mol. The number of carbonyl (C=O) groups excluding carboxylic acids is 1. The molecule has 0 bridgehead atoms. The molecule has 4 rings (SSSR count). The van der Waals surface area contributed by atoms with Crippen LogP contribution in [0.1, 0.15) is 42.6 Å². The summed E-state index contributed by atoms with van der Waals surface area (Å²) in [4.78, 5) is 20.8. The first kappa shape index (κ1) is 21.0. The average molecular weight is 403 g/mol. The normalized spacial score (nSPS) is 15.5. The Kier molecular flexibility index (Phi) is 7.11. The molecule has 1 atom stereocenters. The molecule has 1 N–H and O–H groups in total. The number of hydrogen-bond donors (Lipinski definition) is 1. The van der Waals surface area contributed by atoms with Crippen molar-refractivity contribution in [2.45, 2.75) is 32.7 Å². The summed E-state index contributed by atoms with van der Waals surface area (Å²) >= 11 is 0. The zero-order chi connectivity index (χ0) is 21.3. The zero-order valence-electron chi connectivity index (χ0n) is 17.2. The number of nitrogens with zero attached hydrogens (tertiary/aromatic N) is 6. The van der Waals surface area contributed by atoms with Gasteiger partial charge in [-0.15, -0.1) is 0 Å². The summed E-state index contributed by atoms with van der Waals surface area (Å²) in [7, 11) is 0. The third kappa shape index (κ3) is 4.81. The molecule has 1 aromatic carbocycles. The lowest BCUT2D eigenvalue weighted by Crippen LogP contribution is -2.45. The van der Waals surface area contributed by atoms with Crippen LogP contribution in [-0.2, 0) is 0 Å². The van der Waals surface area contributed by atoms with Crippen LogP contribution in [0.3, 0.4) is 0 Å². The first-order valence-corrected chi connectivity index (χ1v) is 10.1. The molecule has 0 unspecified atom stereocenters. The molecule has 1 fully saturated rings. The number of aromatic nitrogens is 4. The Hall–Kier alpha value is -3.73. The molecule has 1 aliphatic heterocycles. The third-order valence-corrected chi connectivity index (χ3v) is 4.72. The Bertz CT molecular complexity index is 1010. The Morgan fingerprint density at radius 2 is 1.93 bits per heavy atom. The van der Waals surface area contributed by atoms with Crippen molar-refractivity contribution < 1.29 is 4.79 Å². The van der Waals surface area contributed by atoms with E-state index in [-0.39, 0.29) is 11.9 Å². The van der Waals surface area contributed by atoms with Crippen molar-refractivity contribution >= 4 is 11.7 Å². The lowest BCUT2D eigenvalue weighted by atomic mass is 10.0. The SMILES string of the molecule is CC.N#Cc1ccnc(N[C@@H]2CCCN(C(=O)c3ccccc3-n3nccn3)C2)c1. The van der Waals surface area contributed by atoms with Gasteiger partial charge in [-0.05, 0) is 37.1 Å². The molecule has 1 saturated heterocycles. The fraction of sp³-hybridized carbons (Fsp3) is 0.318. The molecule has 0 radical (unpaired) electrons. The predicted octanol–water partition coefficient (Wildman–Crippen LogP) is 3.28. The zero-order valence-corrected chi connectivity index (χ0v) is 17.2. The highest BCUT2D eigenvalue weighted by molar-refractivity contribution is 5.97. The van der Waals surface area contributed by atoms with Crippen LogP contribution in [0.4, 0.5) is 5.82 Å². The van der Waals surface area contributed by atoms with E-state index in [4.69, 9.17) is 5.26 Å². The van der Waals surface area contributed by atoms with Crippen LogP contribution in [0.25, 0.3) is 5.69 Å². The van der Waals surface area contributed by atoms with Gasteiger partial charge in [0.1, 0.15) is 5.82 Å². The lowest BCUT2D eigenvalue weighted by molar-refractivity contribution is 0.0714. The van der Waals surface area contributed by atoms with E-state index >= 15 is 0 Å². The maximum absolute atomic E-state index is 13.2. The third-order valence-electron chi connectivity index (χ3n) is 4.72. The van der Waals surface area contributed by atoms with Gasteiger partial charge in [-0.25, -0.2) is 4.98 Å². The van der Waals surface area contributed by atoms with Crippen molar-refractivity contribution in [1.82, 2.24) is 24.9 Å². The second-order valence-electron chi connectivity index (χ2n) is 6.61. The van der Waals surface area contributed by atoms with Crippen LogP contribution >= 0.6 is 0 Å². The molecule has 0 spiro atoms. The Labute approximate surface area is 176 Å². The molecule has 1 amide bonds. The summed E-state index contributed by atoms with van der Waals surface area (Å²) in [6, 6.07) is 12.9. The Morgan fingerprint density at radius 3 is 2.70 bits per heavy atom. The van der Waals surface area contributed by atoms with Gasteiger partial charge in [0, 0.05) is 25.3 Å². The van der Waals surface area contributed by atoms with Crippen molar-refractivity contribution in [2.75, 3.05) is 18.4 Å². The Morgan fingerprint density at radius 1 is 1.17 bits per heavy atom. The quantitative estimate of drug-likeness (QED) is 0.718. The molecule has 0 aliphatic carbocycles. The standard InChI is InChI=1S/C20H19N7O.C2H6/c21-13-15-7-8-22-19(12-15)25-16-4-3-11-26(14-16)20(28)17-5-1-2-6-18(17)27-23-9-10-24-27;1-2/h1-2,5-10,12,16H,3-4,11,14H2,(H,22,25);1-2H3/t16-;/m1./s1. The fourth-order valence-corrected chi connectivity index (χ4v) is 3.41. The first-order valence-electron chi connectivity index (χ1n) is 10.1. The van der Waals surface area contributed by atoms with E-state index in [1.165, 1.54) is 4.80 Å². The number of pyridine rings is 1. The number of amides is 1. The number of hydrogen-bond acceptors (Lipinski definition) is 6. The molecular weight excluding hydrogens is 378 g/mol. The van der Waals surface area contributed by atoms with Gasteiger partial charge in [0.2, 0.25) is 0 Å². The van der Waals surface area contributed by atoms with Gasteiger partial charge in [-0.2, -0.15) is 20.3 Å². The number of nitrogens with one attached hydrogen (secondary N) is 1.